The van der Waals surface area contributed by atoms with E-state index >= 15 is 0 Å². The Morgan fingerprint density at radius 1 is 1.19 bits per heavy atom. The molecule has 6 nitrogen and oxygen atoms in total. The highest BCUT2D eigenvalue weighted by Crippen LogP contribution is 2.44. The van der Waals surface area contributed by atoms with Crippen LogP contribution in [0, 0.1) is 0 Å². The molecule has 0 atom stereocenters. The Morgan fingerprint density at radius 3 is 2.69 bits per heavy atom. The van der Waals surface area contributed by atoms with Crippen molar-refractivity contribution in [1.82, 2.24) is 19.8 Å². The summed E-state index contributed by atoms with van der Waals surface area (Å²) in [6.07, 6.45) is 4.18. The van der Waals surface area contributed by atoms with E-state index in [2.05, 4.69) is 23.1 Å². The molecule has 1 heterocycles. The summed E-state index contributed by atoms with van der Waals surface area (Å²) in [6, 6.07) is 13.8. The summed E-state index contributed by atoms with van der Waals surface area (Å²) < 4.78 is 8.65. The van der Waals surface area contributed by atoms with E-state index in [-0.39, 0.29) is 5.69 Å². The molecule has 6 heteroatoms. The maximum atomic E-state index is 12.3. The summed E-state index contributed by atoms with van der Waals surface area (Å²) in [4.78, 5) is 12.3. The van der Waals surface area contributed by atoms with Crippen molar-refractivity contribution in [3.8, 4) is 11.4 Å². The smallest absolute Gasteiger partial charge is 0.368 e. The highest BCUT2D eigenvalue weighted by atomic mass is 16.5. The molecule has 0 unspecified atom stereocenters. The van der Waals surface area contributed by atoms with Gasteiger partial charge in [0, 0.05) is 12.6 Å². The van der Waals surface area contributed by atoms with Gasteiger partial charge in [0.05, 0.1) is 5.69 Å². The number of ether oxygens (including phenoxy) is 1. The molecule has 1 aliphatic rings. The molecule has 132 valence electrons. The topological polar surface area (TPSA) is 61.9 Å². The first-order chi connectivity index (χ1) is 12.7. The van der Waals surface area contributed by atoms with Crippen molar-refractivity contribution >= 4 is 6.08 Å². The zero-order chi connectivity index (χ0) is 18.1. The molecule has 0 amide bonds. The number of tetrazole rings is 1. The van der Waals surface area contributed by atoms with Crippen molar-refractivity contribution in [2.75, 3.05) is 0 Å². The largest absolute Gasteiger partial charge is 0.489 e. The van der Waals surface area contributed by atoms with E-state index in [4.69, 9.17) is 4.74 Å². The molecule has 1 saturated carbocycles. The average molecular weight is 348 g/mol. The third-order valence-corrected chi connectivity index (χ3v) is 4.67. The summed E-state index contributed by atoms with van der Waals surface area (Å²) in [6.45, 7) is 4.20. The van der Waals surface area contributed by atoms with Crippen LogP contribution in [0.4, 0.5) is 0 Å². The summed E-state index contributed by atoms with van der Waals surface area (Å²) in [5.74, 6) is 1.49. The van der Waals surface area contributed by atoms with Crippen LogP contribution in [0.25, 0.3) is 11.8 Å². The fourth-order valence-electron chi connectivity index (χ4n) is 3.10. The third kappa shape index (κ3) is 2.94. The molecule has 26 heavy (non-hydrogen) atoms. The quantitative estimate of drug-likeness (QED) is 0.687. The minimum Gasteiger partial charge on any atom is -0.489 e. The van der Waals surface area contributed by atoms with Gasteiger partial charge in [-0.3, -0.25) is 0 Å². The van der Waals surface area contributed by atoms with Gasteiger partial charge in [0.2, 0.25) is 0 Å². The number of aryl methyl sites for hydroxylation is 1. The van der Waals surface area contributed by atoms with Crippen molar-refractivity contribution in [3.05, 3.63) is 76.2 Å². The van der Waals surface area contributed by atoms with Crippen LogP contribution in [0.2, 0.25) is 0 Å². The molecule has 0 aliphatic heterocycles. The van der Waals surface area contributed by atoms with Gasteiger partial charge < -0.3 is 4.74 Å². The molecule has 1 aromatic heterocycles. The summed E-state index contributed by atoms with van der Waals surface area (Å²) >= 11 is 0. The number of rotatable bonds is 6. The highest BCUT2D eigenvalue weighted by molar-refractivity contribution is 5.58. The average Bonchev–Trinajstić information content (AvgIpc) is 3.46. The van der Waals surface area contributed by atoms with Crippen LogP contribution in [-0.4, -0.2) is 19.8 Å². The predicted octanol–water partition coefficient (Wildman–Crippen LogP) is 3.07. The minimum absolute atomic E-state index is 0.300. The summed E-state index contributed by atoms with van der Waals surface area (Å²) in [5.41, 5.74) is 3.37. The summed E-state index contributed by atoms with van der Waals surface area (Å²) in [5, 5.41) is 7.76. The first kappa shape index (κ1) is 16.3. The Kier molecular flexibility index (Phi) is 4.16. The molecule has 0 radical (unpaired) electrons. The van der Waals surface area contributed by atoms with Crippen molar-refractivity contribution in [2.24, 2.45) is 7.05 Å². The van der Waals surface area contributed by atoms with E-state index in [1.54, 1.807) is 13.1 Å². The zero-order valence-electron chi connectivity index (χ0n) is 14.6. The first-order valence-corrected chi connectivity index (χ1v) is 8.64. The van der Waals surface area contributed by atoms with Gasteiger partial charge in [-0.25, -0.2) is 4.79 Å². The maximum absolute atomic E-state index is 12.3. The fourth-order valence-corrected chi connectivity index (χ4v) is 3.10. The monoisotopic (exact) mass is 348 g/mol. The standard InChI is InChI=1S/C20H20N4O2/c1-3-14-7-6-9-18(24-20(25)23(2)21-22-24)17(14)13-26-19-10-5-4-8-16(19)15-11-12-15/h3-10,15H,1,11-13H2,2H3. The normalized spacial score (nSPS) is 13.6. The van der Waals surface area contributed by atoms with Gasteiger partial charge in [-0.15, -0.1) is 0 Å². The lowest BCUT2D eigenvalue weighted by Gasteiger charge is -2.15. The molecule has 0 bridgehead atoms. The van der Waals surface area contributed by atoms with Crippen LogP contribution in [0.5, 0.6) is 5.75 Å². The van der Waals surface area contributed by atoms with E-state index in [0.29, 0.717) is 18.2 Å². The first-order valence-electron chi connectivity index (χ1n) is 8.64. The van der Waals surface area contributed by atoms with Crippen molar-refractivity contribution in [3.63, 3.8) is 0 Å². The molecule has 1 aliphatic carbocycles. The minimum atomic E-state index is -0.300. The molecule has 0 spiro atoms. The molecule has 0 saturated heterocycles. The number of benzene rings is 2. The van der Waals surface area contributed by atoms with Crippen LogP contribution in [0.1, 0.15) is 35.4 Å². The maximum Gasteiger partial charge on any atom is 0.368 e. The number of aromatic nitrogens is 4. The van der Waals surface area contributed by atoms with Gasteiger partial charge >= 0.3 is 5.69 Å². The van der Waals surface area contributed by atoms with E-state index in [0.717, 1.165) is 16.9 Å². The number of nitrogens with zero attached hydrogens (tertiary/aromatic N) is 4. The SMILES string of the molecule is C=Cc1cccc(-n2nnn(C)c2=O)c1COc1ccccc1C1CC1. The lowest BCUT2D eigenvalue weighted by atomic mass is 10.1. The van der Waals surface area contributed by atoms with Gasteiger partial charge in [-0.2, -0.15) is 9.36 Å². The van der Waals surface area contributed by atoms with Gasteiger partial charge in [0.15, 0.2) is 0 Å². The Morgan fingerprint density at radius 2 is 2.00 bits per heavy atom. The van der Waals surface area contributed by atoms with Crippen LogP contribution in [0.3, 0.4) is 0 Å². The zero-order valence-corrected chi connectivity index (χ0v) is 14.6. The Bertz CT molecular complexity index is 1010. The van der Waals surface area contributed by atoms with E-state index in [9.17, 15) is 4.79 Å². The van der Waals surface area contributed by atoms with Crippen molar-refractivity contribution < 1.29 is 4.74 Å². The second-order valence-corrected chi connectivity index (χ2v) is 6.45. The highest BCUT2D eigenvalue weighted by Gasteiger charge is 2.26. The van der Waals surface area contributed by atoms with Crippen LogP contribution < -0.4 is 10.4 Å². The van der Waals surface area contributed by atoms with Crippen molar-refractivity contribution in [1.29, 1.82) is 0 Å². The van der Waals surface area contributed by atoms with Crippen LogP contribution in [0.15, 0.2) is 53.8 Å². The lowest BCUT2D eigenvalue weighted by Crippen LogP contribution is -2.23. The van der Waals surface area contributed by atoms with E-state index < -0.39 is 0 Å². The van der Waals surface area contributed by atoms with Gasteiger partial charge in [-0.1, -0.05) is 43.0 Å². The summed E-state index contributed by atoms with van der Waals surface area (Å²) in [7, 11) is 1.57. The predicted molar refractivity (Wildman–Crippen MR) is 99.4 cm³/mol. The second-order valence-electron chi connectivity index (χ2n) is 6.45. The molecule has 2 aromatic carbocycles. The number of hydrogen-bond donors (Lipinski definition) is 0. The van der Waals surface area contributed by atoms with Crippen LogP contribution >= 0.6 is 0 Å². The molecule has 3 aromatic rings. The van der Waals surface area contributed by atoms with Gasteiger partial charge in [0.1, 0.15) is 12.4 Å². The van der Waals surface area contributed by atoms with Crippen molar-refractivity contribution in [2.45, 2.75) is 25.4 Å². The lowest BCUT2D eigenvalue weighted by molar-refractivity contribution is 0.302. The fraction of sp³-hybridized carbons (Fsp3) is 0.250. The Labute approximate surface area is 151 Å². The van der Waals surface area contributed by atoms with E-state index in [1.165, 1.54) is 27.8 Å². The Balaban J connectivity index is 1.71. The molecule has 4 rings (SSSR count). The van der Waals surface area contributed by atoms with Gasteiger partial charge in [0.25, 0.3) is 0 Å². The molecule has 0 N–H and O–H groups in total. The molecular formula is C20H20N4O2. The number of para-hydroxylation sites is 1. The third-order valence-electron chi connectivity index (χ3n) is 4.67. The van der Waals surface area contributed by atoms with Crippen LogP contribution in [-0.2, 0) is 13.7 Å². The molecular weight excluding hydrogens is 328 g/mol. The van der Waals surface area contributed by atoms with Gasteiger partial charge in [-0.05, 0) is 52.4 Å². The second kappa shape index (κ2) is 6.63. The van der Waals surface area contributed by atoms with E-state index in [1.807, 2.05) is 36.4 Å². The number of hydrogen-bond acceptors (Lipinski definition) is 4. The Hall–Kier alpha value is -3.15. The molecule has 1 fully saturated rings.